The molecule has 0 radical (unpaired) electrons. The first-order valence-electron chi connectivity index (χ1n) is 11.4. The van der Waals surface area contributed by atoms with Crippen LogP contribution < -0.4 is 0 Å². The molecule has 2 saturated heterocycles. The topological polar surface area (TPSA) is 78.7 Å². The number of aliphatic hydroxyl groups excluding tert-OH is 1. The molecule has 3 heterocycles. The van der Waals surface area contributed by atoms with Crippen LogP contribution in [-0.4, -0.2) is 70.6 Å². The Hall–Kier alpha value is -2.18. The number of aryl methyl sites for hydroxylation is 1. The van der Waals surface area contributed by atoms with Crippen molar-refractivity contribution >= 4 is 10.0 Å². The highest BCUT2D eigenvalue weighted by molar-refractivity contribution is 7.89. The number of aliphatic hydroxyl groups is 1. The number of aromatic nitrogens is 2. The summed E-state index contributed by atoms with van der Waals surface area (Å²) in [7, 11) is -1.88. The van der Waals surface area contributed by atoms with Crippen LogP contribution in [0.4, 0.5) is 0 Å². The van der Waals surface area contributed by atoms with Crippen LogP contribution in [0.5, 0.6) is 0 Å². The van der Waals surface area contributed by atoms with Crippen LogP contribution in [0.1, 0.15) is 42.7 Å². The van der Waals surface area contributed by atoms with E-state index >= 15 is 0 Å². The second-order valence-corrected chi connectivity index (χ2v) is 11.1. The summed E-state index contributed by atoms with van der Waals surface area (Å²) in [6.45, 7) is 1.85. The van der Waals surface area contributed by atoms with E-state index in [1.54, 1.807) is 22.1 Å². The number of nitrogens with zero attached hydrogens (tertiary/aromatic N) is 4. The van der Waals surface area contributed by atoms with Gasteiger partial charge in [-0.3, -0.25) is 4.90 Å². The average molecular weight is 455 g/mol. The van der Waals surface area contributed by atoms with Crippen LogP contribution in [0.2, 0.25) is 0 Å². The van der Waals surface area contributed by atoms with Crippen molar-refractivity contribution in [2.45, 2.75) is 48.7 Å². The molecule has 0 unspecified atom stereocenters. The second-order valence-electron chi connectivity index (χ2n) is 9.19. The van der Waals surface area contributed by atoms with Crippen molar-refractivity contribution in [1.29, 1.82) is 0 Å². The van der Waals surface area contributed by atoms with E-state index in [1.165, 1.54) is 19.2 Å². The molecule has 2 aliphatic heterocycles. The van der Waals surface area contributed by atoms with E-state index in [0.29, 0.717) is 19.0 Å². The van der Waals surface area contributed by atoms with Crippen LogP contribution in [0.3, 0.4) is 0 Å². The van der Waals surface area contributed by atoms with Crippen molar-refractivity contribution in [3.63, 3.8) is 0 Å². The molecule has 32 heavy (non-hydrogen) atoms. The zero-order valence-corrected chi connectivity index (χ0v) is 19.2. The summed E-state index contributed by atoms with van der Waals surface area (Å²) < 4.78 is 29.8. The van der Waals surface area contributed by atoms with Crippen molar-refractivity contribution in [2.24, 2.45) is 13.0 Å². The highest BCUT2D eigenvalue weighted by atomic mass is 32.2. The Bertz CT molecular complexity index is 1130. The molecule has 1 saturated carbocycles. The van der Waals surface area contributed by atoms with Gasteiger partial charge < -0.3 is 9.67 Å². The van der Waals surface area contributed by atoms with E-state index in [0.717, 1.165) is 30.5 Å². The van der Waals surface area contributed by atoms with Crippen molar-refractivity contribution in [2.75, 3.05) is 26.2 Å². The molecular formula is C24H30N4O3S. The normalized spacial score (nSPS) is 26.9. The second kappa shape index (κ2) is 8.64. The molecule has 3 atom stereocenters. The highest BCUT2D eigenvalue weighted by Gasteiger charge is 2.50. The number of hydrogen-bond donors (Lipinski definition) is 1. The van der Waals surface area contributed by atoms with Gasteiger partial charge in [0.25, 0.3) is 10.0 Å². The van der Waals surface area contributed by atoms with Crippen LogP contribution in [-0.2, 0) is 17.1 Å². The first kappa shape index (κ1) is 21.7. The van der Waals surface area contributed by atoms with Gasteiger partial charge in [0.1, 0.15) is 0 Å². The molecule has 3 fully saturated rings. The quantitative estimate of drug-likeness (QED) is 0.713. The van der Waals surface area contributed by atoms with Gasteiger partial charge in [-0.05, 0) is 49.9 Å². The van der Waals surface area contributed by atoms with Crippen LogP contribution in [0.25, 0.3) is 0 Å². The van der Waals surface area contributed by atoms with Crippen molar-refractivity contribution in [3.8, 4) is 11.8 Å². The molecule has 5 rings (SSSR count). The molecule has 3 aliphatic rings. The van der Waals surface area contributed by atoms with Gasteiger partial charge in [0.2, 0.25) is 0 Å². The first-order valence-corrected chi connectivity index (χ1v) is 12.9. The SMILES string of the molecule is Cn1cnc(S(=O)(=O)N2CCCCN3[C@H](CO)[C@@H](c4ccc(C#CC5CC5)cc4)[C@@H]3C2)c1. The number of rotatable bonds is 4. The molecule has 1 N–H and O–H groups in total. The van der Waals surface area contributed by atoms with E-state index in [2.05, 4.69) is 33.9 Å². The van der Waals surface area contributed by atoms with Gasteiger partial charge in [0.05, 0.1) is 12.9 Å². The number of benzene rings is 1. The van der Waals surface area contributed by atoms with Gasteiger partial charge in [0, 0.05) is 55.8 Å². The standard InChI is InChI=1S/C24H30N4O3S/c1-26-15-23(25-17-26)32(30,31)27-12-2-3-13-28-21(14-27)24(22(28)16-29)20-10-8-19(9-11-20)7-6-18-4-5-18/h8-11,15,17-18,21-22,24,29H,2-5,12-14,16H2,1H3/t21-,22+,24-/m0/s1. The van der Waals surface area contributed by atoms with Crippen molar-refractivity contribution < 1.29 is 13.5 Å². The summed E-state index contributed by atoms with van der Waals surface area (Å²) in [5.41, 5.74) is 2.15. The predicted octanol–water partition coefficient (Wildman–Crippen LogP) is 1.79. The molecule has 0 spiro atoms. The van der Waals surface area contributed by atoms with Gasteiger partial charge in [0.15, 0.2) is 5.03 Å². The molecule has 7 nitrogen and oxygen atoms in total. The fraction of sp³-hybridized carbons (Fsp3) is 0.542. The Labute approximate surface area is 190 Å². The van der Waals surface area contributed by atoms with E-state index in [1.807, 2.05) is 12.1 Å². The fourth-order valence-electron chi connectivity index (χ4n) is 4.98. The summed E-state index contributed by atoms with van der Waals surface area (Å²) in [6, 6.07) is 8.34. The summed E-state index contributed by atoms with van der Waals surface area (Å²) in [6.07, 6.45) is 7.20. The molecule has 2 aromatic rings. The maximum Gasteiger partial charge on any atom is 0.262 e. The molecule has 8 heteroatoms. The minimum Gasteiger partial charge on any atom is -0.395 e. The highest BCUT2D eigenvalue weighted by Crippen LogP contribution is 2.42. The fourth-order valence-corrected chi connectivity index (χ4v) is 6.45. The molecule has 1 aromatic carbocycles. The molecule has 0 bridgehead atoms. The van der Waals surface area contributed by atoms with E-state index in [9.17, 15) is 13.5 Å². The first-order chi connectivity index (χ1) is 15.5. The summed E-state index contributed by atoms with van der Waals surface area (Å²) in [5, 5.41) is 10.2. The minimum absolute atomic E-state index is 0.0147. The molecular weight excluding hydrogens is 424 g/mol. The molecule has 1 aromatic heterocycles. The smallest absolute Gasteiger partial charge is 0.262 e. The lowest BCUT2D eigenvalue weighted by atomic mass is 9.74. The Morgan fingerprint density at radius 2 is 1.91 bits per heavy atom. The predicted molar refractivity (Wildman–Crippen MR) is 121 cm³/mol. The Kier molecular flexibility index (Phi) is 5.84. The summed E-state index contributed by atoms with van der Waals surface area (Å²) >= 11 is 0. The number of hydrogen-bond acceptors (Lipinski definition) is 5. The molecule has 0 amide bonds. The Morgan fingerprint density at radius 3 is 2.56 bits per heavy atom. The summed E-state index contributed by atoms with van der Waals surface area (Å²) in [4.78, 5) is 6.38. The number of sulfonamides is 1. The van der Waals surface area contributed by atoms with Gasteiger partial charge in [-0.1, -0.05) is 24.0 Å². The number of fused-ring (bicyclic) bond motifs is 1. The van der Waals surface area contributed by atoms with E-state index < -0.39 is 10.0 Å². The van der Waals surface area contributed by atoms with Crippen LogP contribution >= 0.6 is 0 Å². The van der Waals surface area contributed by atoms with Gasteiger partial charge >= 0.3 is 0 Å². The molecule has 170 valence electrons. The Morgan fingerprint density at radius 1 is 1.16 bits per heavy atom. The maximum atomic E-state index is 13.3. The third kappa shape index (κ3) is 4.11. The van der Waals surface area contributed by atoms with Crippen LogP contribution in [0, 0.1) is 17.8 Å². The lowest BCUT2D eigenvalue weighted by Gasteiger charge is -2.57. The maximum absolute atomic E-state index is 13.3. The van der Waals surface area contributed by atoms with Crippen LogP contribution in [0.15, 0.2) is 41.8 Å². The molecule has 1 aliphatic carbocycles. The van der Waals surface area contributed by atoms with E-state index in [-0.39, 0.29) is 29.6 Å². The zero-order valence-electron chi connectivity index (χ0n) is 18.4. The van der Waals surface area contributed by atoms with Crippen molar-refractivity contribution in [1.82, 2.24) is 18.8 Å². The number of imidazole rings is 1. The minimum atomic E-state index is -3.66. The lowest BCUT2D eigenvalue weighted by molar-refractivity contribution is -0.0554. The third-order valence-electron chi connectivity index (χ3n) is 6.91. The van der Waals surface area contributed by atoms with E-state index in [4.69, 9.17) is 0 Å². The van der Waals surface area contributed by atoms with Gasteiger partial charge in [-0.15, -0.1) is 0 Å². The van der Waals surface area contributed by atoms with Gasteiger partial charge in [-0.2, -0.15) is 4.31 Å². The Balaban J connectivity index is 1.39. The lowest BCUT2D eigenvalue weighted by Crippen LogP contribution is -2.67. The largest absolute Gasteiger partial charge is 0.395 e. The third-order valence-corrected chi connectivity index (χ3v) is 8.66. The van der Waals surface area contributed by atoms with Gasteiger partial charge in [-0.25, -0.2) is 13.4 Å². The average Bonchev–Trinajstić information content (AvgIpc) is 3.49. The zero-order chi connectivity index (χ0) is 22.3. The van der Waals surface area contributed by atoms with Crippen molar-refractivity contribution in [3.05, 3.63) is 47.9 Å². The summed E-state index contributed by atoms with van der Waals surface area (Å²) in [5.74, 6) is 7.19. The monoisotopic (exact) mass is 454 g/mol.